The molecule has 17 heteroatoms. The summed E-state index contributed by atoms with van der Waals surface area (Å²) in [4.78, 5) is 37.1. The molecule has 6 atom stereocenters. The minimum Gasteiger partial charge on any atom is -0.504 e. The molecule has 0 aliphatic carbocycles. The lowest BCUT2D eigenvalue weighted by Crippen LogP contribution is -2.60. The number of carbonyl (C=O) groups is 2. The molecule has 0 spiro atoms. The quantitative estimate of drug-likeness (QED) is 0.0982. The number of phenolic OH excluding ortho intramolecular Hbond substituents is 1. The summed E-state index contributed by atoms with van der Waals surface area (Å²) < 4.78 is 38.3. The molecule has 2 aromatic carbocycles. The summed E-state index contributed by atoms with van der Waals surface area (Å²) in [5, 5.41) is 69.8. The summed E-state index contributed by atoms with van der Waals surface area (Å²) in [6, 6.07) is 5.21. The van der Waals surface area contributed by atoms with Crippen molar-refractivity contribution < 1.29 is 78.2 Å². The first kappa shape index (κ1) is 35.2. The van der Waals surface area contributed by atoms with E-state index in [1.54, 1.807) is 0 Å². The number of aromatic hydroxyl groups is 1. The van der Waals surface area contributed by atoms with E-state index in [9.17, 15) is 45.0 Å². The molecule has 17 nitrogen and oxygen atoms in total. The van der Waals surface area contributed by atoms with Gasteiger partial charge < -0.3 is 68.6 Å². The van der Waals surface area contributed by atoms with Crippen molar-refractivity contribution in [3.63, 3.8) is 0 Å². The van der Waals surface area contributed by atoms with Crippen LogP contribution in [-0.4, -0.2) is 112 Å². The molecule has 0 saturated carbocycles. The van der Waals surface area contributed by atoms with Crippen molar-refractivity contribution >= 4 is 22.9 Å². The van der Waals surface area contributed by atoms with Gasteiger partial charge in [0.05, 0.1) is 46.4 Å². The Hall–Kier alpha value is -4.65. The Kier molecular flexibility index (Phi) is 10.5. The van der Waals surface area contributed by atoms with E-state index >= 15 is 0 Å². The van der Waals surface area contributed by atoms with Crippen molar-refractivity contribution in [1.82, 2.24) is 0 Å². The molecule has 7 N–H and O–H groups in total. The number of carboxylic acids is 1. The summed E-state index contributed by atoms with van der Waals surface area (Å²) in [7, 11) is 3.57. The summed E-state index contributed by atoms with van der Waals surface area (Å²) in [6.07, 6.45) is -9.25. The lowest BCUT2D eigenvalue weighted by molar-refractivity contribution is -0.277. The van der Waals surface area contributed by atoms with Crippen molar-refractivity contribution in [2.45, 2.75) is 56.1 Å². The van der Waals surface area contributed by atoms with Gasteiger partial charge in [0.2, 0.25) is 23.5 Å². The van der Waals surface area contributed by atoms with Crippen molar-refractivity contribution in [1.29, 1.82) is 0 Å². The predicted octanol–water partition coefficient (Wildman–Crippen LogP) is -0.109. The summed E-state index contributed by atoms with van der Waals surface area (Å²) in [5.41, 5.74) is -2.89. The molecule has 1 aliphatic rings. The first-order valence-corrected chi connectivity index (χ1v) is 13.9. The first-order chi connectivity index (χ1) is 22.2. The molecule has 47 heavy (non-hydrogen) atoms. The highest BCUT2D eigenvalue weighted by molar-refractivity contribution is 5.96. The van der Waals surface area contributed by atoms with E-state index in [1.165, 1.54) is 25.3 Å². The number of aliphatic carboxylic acids is 1. The number of carbonyl (C=O) groups excluding carboxylic acids is 1. The van der Waals surface area contributed by atoms with Gasteiger partial charge in [-0.1, -0.05) is 0 Å². The molecule has 1 fully saturated rings. The van der Waals surface area contributed by atoms with Gasteiger partial charge in [-0.2, -0.15) is 0 Å². The van der Waals surface area contributed by atoms with Crippen LogP contribution in [0.1, 0.15) is 19.8 Å². The molecule has 1 unspecified atom stereocenters. The van der Waals surface area contributed by atoms with Crippen LogP contribution in [-0.2, 0) is 14.3 Å². The molecule has 1 aliphatic heterocycles. The van der Waals surface area contributed by atoms with Gasteiger partial charge in [0, 0.05) is 11.6 Å². The molecule has 3 aromatic rings. The maximum atomic E-state index is 13.3. The highest BCUT2D eigenvalue weighted by atomic mass is 16.7. The molecular weight excluding hydrogens is 632 g/mol. The minimum absolute atomic E-state index is 0.00310. The minimum atomic E-state index is -1.99. The Balaban J connectivity index is 1.75. The molecule has 2 heterocycles. The summed E-state index contributed by atoms with van der Waals surface area (Å²) in [5.74, 6) is -4.64. The number of methoxy groups -OCH3 is 3. The predicted molar refractivity (Wildman–Crippen MR) is 157 cm³/mol. The van der Waals surface area contributed by atoms with Gasteiger partial charge in [-0.25, -0.2) is 0 Å². The normalized spacial score (nSPS) is 22.3. The van der Waals surface area contributed by atoms with Crippen LogP contribution in [0.2, 0.25) is 0 Å². The lowest BCUT2D eigenvalue weighted by Gasteiger charge is -2.39. The van der Waals surface area contributed by atoms with Crippen molar-refractivity contribution in [2.75, 3.05) is 27.9 Å². The van der Waals surface area contributed by atoms with Gasteiger partial charge in [-0.3, -0.25) is 14.4 Å². The smallest absolute Gasteiger partial charge is 0.314 e. The second-order valence-corrected chi connectivity index (χ2v) is 10.8. The van der Waals surface area contributed by atoms with Gasteiger partial charge in [-0.15, -0.1) is 0 Å². The maximum Gasteiger partial charge on any atom is 0.314 e. The Labute approximate surface area is 265 Å². The fraction of sp³-hybridized carbons (Fsp3) is 0.433. The fourth-order valence-electron chi connectivity index (χ4n) is 4.97. The molecule has 1 saturated heterocycles. The number of esters is 1. The van der Waals surface area contributed by atoms with E-state index in [1.807, 2.05) is 0 Å². The van der Waals surface area contributed by atoms with E-state index in [0.29, 0.717) is 0 Å². The molecule has 0 bridgehead atoms. The number of phenols is 1. The largest absolute Gasteiger partial charge is 0.504 e. The van der Waals surface area contributed by atoms with Crippen LogP contribution in [0.3, 0.4) is 0 Å². The first-order valence-electron chi connectivity index (χ1n) is 13.9. The number of fused-ring (bicyclic) bond motifs is 1. The third-order valence-corrected chi connectivity index (χ3v) is 7.24. The second-order valence-electron chi connectivity index (χ2n) is 10.8. The number of hydrogen-bond donors (Lipinski definition) is 7. The van der Waals surface area contributed by atoms with Gasteiger partial charge in [0.1, 0.15) is 35.6 Å². The van der Waals surface area contributed by atoms with Crippen LogP contribution in [0, 0.1) is 0 Å². The average molecular weight is 667 g/mol. The maximum absolute atomic E-state index is 13.3. The third-order valence-electron chi connectivity index (χ3n) is 7.24. The van der Waals surface area contributed by atoms with Crippen molar-refractivity contribution in [3.05, 3.63) is 34.5 Å². The molecule has 0 radical (unpaired) electrons. The number of hydrogen-bond acceptors (Lipinski definition) is 16. The summed E-state index contributed by atoms with van der Waals surface area (Å²) in [6.45, 7) is 0.452. The third kappa shape index (κ3) is 7.19. The SMILES string of the molecule is COc1cc(-c2cc(=O)c3c(O)c(OC)c(OC(=O)CC(C)(O)CC(=O)O)c(OC)c3o2)ccc1O[C@@H]1O[C@H](CO)[C@@H](O)[C@H](O)[C@H]1O. The average Bonchev–Trinajstić information content (AvgIpc) is 3.00. The van der Waals surface area contributed by atoms with Crippen LogP contribution in [0.4, 0.5) is 0 Å². The van der Waals surface area contributed by atoms with Gasteiger partial charge >= 0.3 is 11.9 Å². The zero-order chi connectivity index (χ0) is 34.8. The Morgan fingerprint density at radius 3 is 2.19 bits per heavy atom. The number of ether oxygens (including phenoxy) is 6. The van der Waals surface area contributed by atoms with Crippen LogP contribution >= 0.6 is 0 Å². The van der Waals surface area contributed by atoms with Crippen molar-refractivity contribution in [2.24, 2.45) is 0 Å². The highest BCUT2D eigenvalue weighted by Gasteiger charge is 2.45. The van der Waals surface area contributed by atoms with E-state index < -0.39 is 95.8 Å². The van der Waals surface area contributed by atoms with E-state index in [-0.39, 0.29) is 34.2 Å². The van der Waals surface area contributed by atoms with E-state index in [2.05, 4.69) is 0 Å². The zero-order valence-corrected chi connectivity index (χ0v) is 25.5. The topological polar surface area (TPSA) is 261 Å². The Morgan fingerprint density at radius 2 is 1.60 bits per heavy atom. The second kappa shape index (κ2) is 14.0. The molecule has 256 valence electrons. The van der Waals surface area contributed by atoms with Crippen LogP contribution in [0.25, 0.3) is 22.3 Å². The number of rotatable bonds is 12. The van der Waals surface area contributed by atoms with Gasteiger partial charge in [0.15, 0.2) is 28.3 Å². The molecular formula is C30H34O17. The number of carboxylic acid groups (broad SMARTS) is 1. The monoisotopic (exact) mass is 666 g/mol. The number of aliphatic hydroxyl groups excluding tert-OH is 4. The van der Waals surface area contributed by atoms with E-state index in [0.717, 1.165) is 27.2 Å². The summed E-state index contributed by atoms with van der Waals surface area (Å²) >= 11 is 0. The zero-order valence-electron chi connectivity index (χ0n) is 25.5. The number of benzene rings is 2. The molecule has 1 aromatic heterocycles. The standard InChI is InChI=1S/C30H34O17/c1-30(40,9-18(33)34)10-19(35)47-28-26(42-3)22(37)20-13(32)8-15(44-25(20)27(28)43-4)12-5-6-14(16(7-12)41-2)45-29-24(39)23(38)21(36)17(11-31)46-29/h5-8,17,21,23-24,29,31,36-40H,9-11H2,1-4H3,(H,33,34)/t17-,21-,23+,24-,29-,30?/m1/s1. The Morgan fingerprint density at radius 1 is 0.915 bits per heavy atom. The van der Waals surface area contributed by atoms with Gasteiger partial charge in [-0.05, 0) is 25.1 Å². The van der Waals surface area contributed by atoms with Gasteiger partial charge in [0.25, 0.3) is 0 Å². The van der Waals surface area contributed by atoms with Crippen molar-refractivity contribution in [3.8, 4) is 45.8 Å². The fourth-order valence-corrected chi connectivity index (χ4v) is 4.97. The van der Waals surface area contributed by atoms with Crippen LogP contribution in [0.5, 0.6) is 34.5 Å². The highest BCUT2D eigenvalue weighted by Crippen LogP contribution is 2.50. The molecule has 4 rings (SSSR count). The van der Waals surface area contributed by atoms with Crippen LogP contribution in [0.15, 0.2) is 33.5 Å². The van der Waals surface area contributed by atoms with E-state index in [4.69, 9.17) is 37.9 Å². The molecule has 0 amide bonds. The number of aliphatic hydroxyl groups is 5. The van der Waals surface area contributed by atoms with Crippen LogP contribution < -0.4 is 29.1 Å². The lowest BCUT2D eigenvalue weighted by atomic mass is 9.98. The Bertz CT molecular complexity index is 1690.